The van der Waals surface area contributed by atoms with E-state index in [0.29, 0.717) is 35.4 Å². The summed E-state index contributed by atoms with van der Waals surface area (Å²) in [5.41, 5.74) is 0.559. The molecule has 6 nitrogen and oxygen atoms in total. The second kappa shape index (κ2) is 8.18. The fourth-order valence-corrected chi connectivity index (χ4v) is 3.47. The van der Waals surface area contributed by atoms with E-state index in [1.54, 1.807) is 12.3 Å². The topological polar surface area (TPSA) is 73.0 Å². The molecular weight excluding hydrogens is 355 g/mol. The standard InChI is InChI=1S/C18H19FN4O2S/c1-3-15(17(24)20-13-9-7-12(19)8-10-13)26-18-22-21-16(23(18)4-2)14-6-5-11-25-14/h5-11,15H,3-4H2,1-2H3,(H,20,24)/t15-/m0/s1. The number of aromatic nitrogens is 3. The molecule has 1 amide bonds. The van der Waals surface area contributed by atoms with Crippen molar-refractivity contribution in [2.24, 2.45) is 0 Å². The number of nitrogens with zero attached hydrogens (tertiary/aromatic N) is 3. The summed E-state index contributed by atoms with van der Waals surface area (Å²) in [7, 11) is 0. The summed E-state index contributed by atoms with van der Waals surface area (Å²) in [4.78, 5) is 12.6. The number of thioether (sulfide) groups is 1. The van der Waals surface area contributed by atoms with Crippen LogP contribution in [0.15, 0.2) is 52.2 Å². The van der Waals surface area contributed by atoms with Crippen molar-refractivity contribution in [1.29, 1.82) is 0 Å². The van der Waals surface area contributed by atoms with Crippen LogP contribution < -0.4 is 5.32 Å². The maximum Gasteiger partial charge on any atom is 0.237 e. The fourth-order valence-electron chi connectivity index (χ4n) is 2.45. The van der Waals surface area contributed by atoms with Crippen LogP contribution >= 0.6 is 11.8 Å². The smallest absolute Gasteiger partial charge is 0.237 e. The summed E-state index contributed by atoms with van der Waals surface area (Å²) in [5.74, 6) is 0.768. The monoisotopic (exact) mass is 374 g/mol. The molecule has 2 heterocycles. The summed E-state index contributed by atoms with van der Waals surface area (Å²) >= 11 is 1.35. The van der Waals surface area contributed by atoms with Crippen molar-refractivity contribution >= 4 is 23.4 Å². The molecule has 0 radical (unpaired) electrons. The number of carbonyl (C=O) groups is 1. The molecule has 0 aliphatic carbocycles. The maximum absolute atomic E-state index is 13.0. The van der Waals surface area contributed by atoms with Gasteiger partial charge in [-0.15, -0.1) is 10.2 Å². The lowest BCUT2D eigenvalue weighted by atomic mass is 10.2. The zero-order valence-electron chi connectivity index (χ0n) is 14.5. The van der Waals surface area contributed by atoms with Gasteiger partial charge in [-0.05, 0) is 49.7 Å². The van der Waals surface area contributed by atoms with E-state index in [-0.39, 0.29) is 17.0 Å². The molecule has 0 saturated heterocycles. The molecule has 136 valence electrons. The quantitative estimate of drug-likeness (QED) is 0.627. The number of carbonyl (C=O) groups excluding carboxylic acids is 1. The molecule has 1 N–H and O–H groups in total. The molecule has 0 unspecified atom stereocenters. The van der Waals surface area contributed by atoms with Crippen LogP contribution in [0.25, 0.3) is 11.6 Å². The molecule has 0 bridgehead atoms. The van der Waals surface area contributed by atoms with Crippen molar-refractivity contribution in [2.75, 3.05) is 5.32 Å². The number of rotatable bonds is 7. The predicted molar refractivity (Wildman–Crippen MR) is 98.4 cm³/mol. The summed E-state index contributed by atoms with van der Waals surface area (Å²) < 4.78 is 20.3. The van der Waals surface area contributed by atoms with E-state index in [1.807, 2.05) is 24.5 Å². The number of amides is 1. The normalized spacial score (nSPS) is 12.1. The van der Waals surface area contributed by atoms with Crippen LogP contribution in [0.2, 0.25) is 0 Å². The number of benzene rings is 1. The minimum atomic E-state index is -0.348. The van der Waals surface area contributed by atoms with Crippen molar-refractivity contribution in [3.05, 3.63) is 48.5 Å². The molecule has 0 aliphatic rings. The first-order chi connectivity index (χ1) is 12.6. The Bertz CT molecular complexity index is 862. The SMILES string of the molecule is CC[C@H](Sc1nnc(-c2ccco2)n1CC)C(=O)Nc1ccc(F)cc1. The molecule has 2 aromatic heterocycles. The third-order valence-electron chi connectivity index (χ3n) is 3.80. The van der Waals surface area contributed by atoms with Crippen LogP contribution in [-0.2, 0) is 11.3 Å². The molecule has 0 spiro atoms. The van der Waals surface area contributed by atoms with E-state index >= 15 is 0 Å². The van der Waals surface area contributed by atoms with Gasteiger partial charge in [-0.25, -0.2) is 4.39 Å². The first kappa shape index (κ1) is 18.2. The Labute approximate surface area is 154 Å². The average molecular weight is 374 g/mol. The van der Waals surface area contributed by atoms with Gasteiger partial charge in [0.2, 0.25) is 5.91 Å². The van der Waals surface area contributed by atoms with Gasteiger partial charge in [0.25, 0.3) is 0 Å². The van der Waals surface area contributed by atoms with Gasteiger partial charge >= 0.3 is 0 Å². The van der Waals surface area contributed by atoms with E-state index in [9.17, 15) is 9.18 Å². The molecule has 1 aromatic carbocycles. The zero-order chi connectivity index (χ0) is 18.5. The highest BCUT2D eigenvalue weighted by Crippen LogP contribution is 2.29. The number of anilines is 1. The highest BCUT2D eigenvalue weighted by atomic mass is 32.2. The zero-order valence-corrected chi connectivity index (χ0v) is 15.3. The van der Waals surface area contributed by atoms with Crippen LogP contribution in [0.4, 0.5) is 10.1 Å². The summed E-state index contributed by atoms with van der Waals surface area (Å²) in [6.45, 7) is 4.57. The second-order valence-corrected chi connectivity index (χ2v) is 6.71. The Balaban J connectivity index is 1.75. The van der Waals surface area contributed by atoms with Gasteiger partial charge in [-0.1, -0.05) is 18.7 Å². The van der Waals surface area contributed by atoms with Gasteiger partial charge in [0.15, 0.2) is 16.7 Å². The van der Waals surface area contributed by atoms with Gasteiger partial charge in [0.1, 0.15) is 5.82 Å². The van der Waals surface area contributed by atoms with Crippen LogP contribution in [0.5, 0.6) is 0 Å². The molecule has 0 saturated carbocycles. The molecular formula is C18H19FN4O2S. The number of hydrogen-bond donors (Lipinski definition) is 1. The first-order valence-corrected chi connectivity index (χ1v) is 9.20. The Hall–Kier alpha value is -2.61. The molecule has 0 aliphatic heterocycles. The largest absolute Gasteiger partial charge is 0.461 e. The van der Waals surface area contributed by atoms with Crippen molar-refractivity contribution < 1.29 is 13.6 Å². The average Bonchev–Trinajstić information content (AvgIpc) is 3.30. The Morgan fingerprint density at radius 2 is 2.04 bits per heavy atom. The van der Waals surface area contributed by atoms with Crippen molar-refractivity contribution in [1.82, 2.24) is 14.8 Å². The maximum atomic E-state index is 13.0. The highest BCUT2D eigenvalue weighted by Gasteiger charge is 2.23. The molecule has 3 rings (SSSR count). The Morgan fingerprint density at radius 3 is 2.65 bits per heavy atom. The number of furan rings is 1. The van der Waals surface area contributed by atoms with E-state index in [2.05, 4.69) is 15.5 Å². The second-order valence-electron chi connectivity index (χ2n) is 5.54. The van der Waals surface area contributed by atoms with Crippen LogP contribution in [0.3, 0.4) is 0 Å². The minimum Gasteiger partial charge on any atom is -0.461 e. The van der Waals surface area contributed by atoms with Gasteiger partial charge < -0.3 is 9.73 Å². The summed E-state index contributed by atoms with van der Waals surface area (Å²) in [5, 5.41) is 11.5. The molecule has 1 atom stereocenters. The highest BCUT2D eigenvalue weighted by molar-refractivity contribution is 8.00. The third-order valence-corrected chi connectivity index (χ3v) is 5.14. The molecule has 26 heavy (non-hydrogen) atoms. The lowest BCUT2D eigenvalue weighted by Gasteiger charge is -2.15. The van der Waals surface area contributed by atoms with Gasteiger partial charge in [0.05, 0.1) is 11.5 Å². The summed E-state index contributed by atoms with van der Waals surface area (Å²) in [6, 6.07) is 9.31. The van der Waals surface area contributed by atoms with Gasteiger partial charge in [-0.3, -0.25) is 9.36 Å². The summed E-state index contributed by atoms with van der Waals surface area (Å²) in [6.07, 6.45) is 2.20. The lowest BCUT2D eigenvalue weighted by molar-refractivity contribution is -0.115. The van der Waals surface area contributed by atoms with Crippen molar-refractivity contribution in [3.63, 3.8) is 0 Å². The molecule has 8 heteroatoms. The van der Waals surface area contributed by atoms with E-state index in [0.717, 1.165) is 0 Å². The van der Waals surface area contributed by atoms with Gasteiger partial charge in [-0.2, -0.15) is 0 Å². The number of hydrogen-bond acceptors (Lipinski definition) is 5. The Kier molecular flexibility index (Phi) is 5.72. The van der Waals surface area contributed by atoms with Crippen LogP contribution in [-0.4, -0.2) is 25.9 Å². The minimum absolute atomic E-state index is 0.158. The predicted octanol–water partition coefficient (Wildman–Crippen LogP) is 4.21. The van der Waals surface area contributed by atoms with Crippen LogP contribution in [0, 0.1) is 5.82 Å². The lowest BCUT2D eigenvalue weighted by Crippen LogP contribution is -2.25. The van der Waals surface area contributed by atoms with Crippen molar-refractivity contribution in [2.45, 2.75) is 37.2 Å². The first-order valence-electron chi connectivity index (χ1n) is 8.32. The number of nitrogens with one attached hydrogen (secondary N) is 1. The molecule has 0 fully saturated rings. The van der Waals surface area contributed by atoms with E-state index in [1.165, 1.54) is 36.0 Å². The van der Waals surface area contributed by atoms with E-state index in [4.69, 9.17) is 4.42 Å². The van der Waals surface area contributed by atoms with E-state index < -0.39 is 0 Å². The number of halogens is 1. The Morgan fingerprint density at radius 1 is 1.27 bits per heavy atom. The molecule has 3 aromatic rings. The van der Waals surface area contributed by atoms with Crippen molar-refractivity contribution in [3.8, 4) is 11.6 Å². The third kappa shape index (κ3) is 3.96. The van der Waals surface area contributed by atoms with Crippen LogP contribution in [0.1, 0.15) is 20.3 Å². The fraction of sp³-hybridized carbons (Fsp3) is 0.278. The van der Waals surface area contributed by atoms with Gasteiger partial charge in [0, 0.05) is 12.2 Å².